The zero-order valence-corrected chi connectivity index (χ0v) is 14.5. The van der Waals surface area contributed by atoms with Gasteiger partial charge in [-0.25, -0.2) is 23.1 Å². The van der Waals surface area contributed by atoms with E-state index in [1.165, 1.54) is 6.33 Å². The Balaban J connectivity index is 1.60. The maximum absolute atomic E-state index is 12.4. The van der Waals surface area contributed by atoms with Crippen LogP contribution in [-0.4, -0.2) is 64.6 Å². The molecule has 27 heavy (non-hydrogen) atoms. The predicted molar refractivity (Wildman–Crippen MR) is 90.6 cm³/mol. The van der Waals surface area contributed by atoms with Crippen LogP contribution in [-0.2, 0) is 10.0 Å². The summed E-state index contributed by atoms with van der Waals surface area (Å²) in [5.41, 5.74) is 0.938. The van der Waals surface area contributed by atoms with E-state index >= 15 is 0 Å². The maximum Gasteiger partial charge on any atom is 0.404 e. The average Bonchev–Trinajstić information content (AvgIpc) is 3.20. The van der Waals surface area contributed by atoms with Crippen molar-refractivity contribution in [3.63, 3.8) is 0 Å². The van der Waals surface area contributed by atoms with Gasteiger partial charge in [0.2, 0.25) is 10.0 Å². The van der Waals surface area contributed by atoms with Crippen LogP contribution in [0.4, 0.5) is 19.0 Å². The van der Waals surface area contributed by atoms with Gasteiger partial charge in [0.1, 0.15) is 5.82 Å². The van der Waals surface area contributed by atoms with Gasteiger partial charge < -0.3 is 9.88 Å². The summed E-state index contributed by atoms with van der Waals surface area (Å²) < 4.78 is 62.7. The van der Waals surface area contributed by atoms with Gasteiger partial charge in [0.25, 0.3) is 0 Å². The highest BCUT2D eigenvalue weighted by Crippen LogP contribution is 2.30. The van der Waals surface area contributed by atoms with Crippen molar-refractivity contribution in [3.05, 3.63) is 18.6 Å². The van der Waals surface area contributed by atoms with E-state index in [1.54, 1.807) is 12.3 Å². The van der Waals surface area contributed by atoms with Gasteiger partial charge >= 0.3 is 6.18 Å². The number of alkyl halides is 3. The van der Waals surface area contributed by atoms with Crippen LogP contribution in [0.15, 0.2) is 18.6 Å². The number of hydrogen-bond donors (Lipinski definition) is 2. The summed E-state index contributed by atoms with van der Waals surface area (Å²) in [6.07, 6.45) is -1.39. The number of aromatic nitrogens is 5. The summed E-state index contributed by atoms with van der Waals surface area (Å²) in [7, 11) is -4.46. The lowest BCUT2D eigenvalue weighted by Crippen LogP contribution is -2.41. The summed E-state index contributed by atoms with van der Waals surface area (Å²) in [6, 6.07) is 1.13. The van der Waals surface area contributed by atoms with Gasteiger partial charge in [-0.3, -0.25) is 0 Å². The van der Waals surface area contributed by atoms with Crippen molar-refractivity contribution in [1.82, 2.24) is 29.9 Å². The number of nitrogens with one attached hydrogen (secondary N) is 2. The van der Waals surface area contributed by atoms with Crippen LogP contribution in [0.1, 0.15) is 6.42 Å². The number of rotatable bonds is 4. The normalized spacial score (nSPS) is 18.6. The molecule has 144 valence electrons. The van der Waals surface area contributed by atoms with Crippen molar-refractivity contribution in [2.45, 2.75) is 18.6 Å². The van der Waals surface area contributed by atoms with Gasteiger partial charge in [-0.1, -0.05) is 0 Å². The van der Waals surface area contributed by atoms with Gasteiger partial charge in [0, 0.05) is 30.7 Å². The molecule has 0 aliphatic carbocycles. The van der Waals surface area contributed by atoms with Gasteiger partial charge in [-0.2, -0.15) is 13.2 Å². The zero-order chi connectivity index (χ0) is 19.2. The first-order chi connectivity index (χ1) is 12.7. The number of nitrogens with zero attached hydrogens (tertiary/aromatic N) is 5. The average molecular weight is 401 g/mol. The number of anilines is 1. The first kappa shape index (κ1) is 17.9. The fourth-order valence-electron chi connectivity index (χ4n) is 3.22. The molecule has 1 aliphatic heterocycles. The lowest BCUT2D eigenvalue weighted by molar-refractivity contribution is -0.106. The molecule has 1 aliphatic rings. The summed E-state index contributed by atoms with van der Waals surface area (Å²) in [6.45, 7) is 0.629. The molecule has 4 heterocycles. The minimum Gasteiger partial charge on any atom is -0.354 e. The lowest BCUT2D eigenvalue weighted by atomic mass is 10.2. The fraction of sp³-hybridized carbons (Fsp3) is 0.429. The standard InChI is InChI=1S/C14H14F3N7O2S/c15-14(16,17)6-27(25,26)23-8-2-4-24(5-8)13-10-9-1-3-18-11(9)21-22-12(10)19-7-20-13/h1,3,7-8,23H,2,4-6H2,(H,19,20,22). The van der Waals surface area contributed by atoms with Crippen LogP contribution < -0.4 is 9.62 Å². The van der Waals surface area contributed by atoms with Gasteiger partial charge in [0.15, 0.2) is 17.0 Å². The van der Waals surface area contributed by atoms with E-state index in [0.717, 1.165) is 5.39 Å². The lowest BCUT2D eigenvalue weighted by Gasteiger charge is -2.19. The molecular formula is C14H14F3N7O2S. The van der Waals surface area contributed by atoms with Crippen molar-refractivity contribution < 1.29 is 21.6 Å². The van der Waals surface area contributed by atoms with Crippen molar-refractivity contribution in [2.75, 3.05) is 23.7 Å². The highest BCUT2D eigenvalue weighted by atomic mass is 32.2. The molecule has 2 N–H and O–H groups in total. The molecule has 4 rings (SSSR count). The zero-order valence-electron chi connectivity index (χ0n) is 13.7. The molecule has 3 aromatic rings. The maximum atomic E-state index is 12.4. The van der Waals surface area contributed by atoms with Crippen molar-refractivity contribution in [2.24, 2.45) is 0 Å². The fourth-order valence-corrected chi connectivity index (χ4v) is 4.44. The third kappa shape index (κ3) is 3.64. The molecule has 0 amide bonds. The van der Waals surface area contributed by atoms with Crippen LogP contribution in [0.2, 0.25) is 0 Å². The number of sulfonamides is 1. The summed E-state index contributed by atoms with van der Waals surface area (Å²) >= 11 is 0. The van der Waals surface area contributed by atoms with E-state index in [-0.39, 0.29) is 6.54 Å². The second-order valence-corrected chi connectivity index (χ2v) is 8.01. The first-order valence-electron chi connectivity index (χ1n) is 7.98. The number of halogens is 3. The SMILES string of the molecule is O=S(=O)(CC(F)(F)F)NC1CCN(c2nc[nH]c3nnc4nccc4c23)C1. The Morgan fingerprint density at radius 1 is 1.30 bits per heavy atom. The molecule has 3 aromatic heterocycles. The smallest absolute Gasteiger partial charge is 0.354 e. The first-order valence-corrected chi connectivity index (χ1v) is 9.63. The van der Waals surface area contributed by atoms with Gasteiger partial charge in [-0.15, -0.1) is 10.2 Å². The van der Waals surface area contributed by atoms with Crippen molar-refractivity contribution >= 4 is 37.9 Å². The summed E-state index contributed by atoms with van der Waals surface area (Å²) in [5.74, 6) is -1.35. The van der Waals surface area contributed by atoms with Crippen molar-refractivity contribution in [3.8, 4) is 0 Å². The Bertz CT molecular complexity index is 1100. The second kappa shape index (κ2) is 6.27. The number of H-pyrrole nitrogens is 1. The molecule has 9 nitrogen and oxygen atoms in total. The number of aromatic amines is 1. The topological polar surface area (TPSA) is 117 Å². The Labute approximate surface area is 151 Å². The van der Waals surface area contributed by atoms with E-state index in [0.29, 0.717) is 35.5 Å². The van der Waals surface area contributed by atoms with Crippen LogP contribution >= 0.6 is 0 Å². The monoisotopic (exact) mass is 401 g/mol. The summed E-state index contributed by atoms with van der Waals surface area (Å²) in [5, 5.41) is 9.47. The minimum atomic E-state index is -4.79. The molecular weight excluding hydrogens is 387 g/mol. The molecule has 0 aromatic carbocycles. The molecule has 1 saturated heterocycles. The van der Waals surface area contributed by atoms with E-state index in [1.807, 2.05) is 4.90 Å². The van der Waals surface area contributed by atoms with E-state index in [2.05, 4.69) is 29.9 Å². The molecule has 1 fully saturated rings. The molecule has 1 atom stereocenters. The van der Waals surface area contributed by atoms with E-state index in [9.17, 15) is 21.6 Å². The molecule has 0 saturated carbocycles. The van der Waals surface area contributed by atoms with Crippen LogP contribution in [0.25, 0.3) is 22.1 Å². The Morgan fingerprint density at radius 3 is 2.89 bits per heavy atom. The van der Waals surface area contributed by atoms with Crippen LogP contribution in [0.5, 0.6) is 0 Å². The number of fused-ring (bicyclic) bond motifs is 3. The number of hydrogen-bond acceptors (Lipinski definition) is 7. The molecule has 0 radical (unpaired) electrons. The molecule has 0 spiro atoms. The highest BCUT2D eigenvalue weighted by Gasteiger charge is 2.37. The quantitative estimate of drug-likeness (QED) is 0.669. The minimum absolute atomic E-state index is 0.196. The second-order valence-electron chi connectivity index (χ2n) is 6.26. The Hall–Kier alpha value is -2.54. The molecule has 0 bridgehead atoms. The highest BCUT2D eigenvalue weighted by molar-refractivity contribution is 7.89. The van der Waals surface area contributed by atoms with E-state index < -0.39 is 28.0 Å². The third-order valence-corrected chi connectivity index (χ3v) is 5.63. The Kier molecular flexibility index (Phi) is 4.14. The largest absolute Gasteiger partial charge is 0.404 e. The van der Waals surface area contributed by atoms with E-state index in [4.69, 9.17) is 0 Å². The predicted octanol–water partition coefficient (Wildman–Crippen LogP) is 0.962. The van der Waals surface area contributed by atoms with Gasteiger partial charge in [0.05, 0.1) is 11.7 Å². The molecule has 13 heteroatoms. The van der Waals surface area contributed by atoms with Crippen LogP contribution in [0, 0.1) is 0 Å². The van der Waals surface area contributed by atoms with Crippen molar-refractivity contribution in [1.29, 1.82) is 0 Å². The Morgan fingerprint density at radius 2 is 2.11 bits per heavy atom. The molecule has 1 unspecified atom stereocenters. The van der Waals surface area contributed by atoms with Crippen LogP contribution in [0.3, 0.4) is 0 Å². The third-order valence-electron chi connectivity index (χ3n) is 4.23. The van der Waals surface area contributed by atoms with Gasteiger partial charge in [-0.05, 0) is 12.5 Å². The summed E-state index contributed by atoms with van der Waals surface area (Å²) in [4.78, 5) is 13.1.